The zero-order chi connectivity index (χ0) is 23.4. The lowest BCUT2D eigenvalue weighted by Crippen LogP contribution is -2.39. The number of likely N-dealkylation sites (tertiary alicyclic amines) is 1. The SMILES string of the molecule is CCNn1c(CN2CCCC2=O)c(C(=O)N[C@@H](CC)c2ccccc2)c2ccccc2c1=O. The van der Waals surface area contributed by atoms with Crippen LogP contribution in [0.4, 0.5) is 0 Å². The summed E-state index contributed by atoms with van der Waals surface area (Å²) in [6.45, 7) is 5.25. The average molecular weight is 447 g/mol. The summed E-state index contributed by atoms with van der Waals surface area (Å²) in [5.74, 6) is -0.212. The predicted octanol–water partition coefficient (Wildman–Crippen LogP) is 3.57. The van der Waals surface area contributed by atoms with Gasteiger partial charge in [0.15, 0.2) is 0 Å². The van der Waals surface area contributed by atoms with E-state index in [2.05, 4.69) is 10.7 Å². The van der Waals surface area contributed by atoms with Crippen molar-refractivity contribution in [2.45, 2.75) is 45.7 Å². The Morgan fingerprint density at radius 2 is 1.70 bits per heavy atom. The normalized spacial score (nSPS) is 14.5. The van der Waals surface area contributed by atoms with Crippen molar-refractivity contribution in [1.82, 2.24) is 14.9 Å². The van der Waals surface area contributed by atoms with Crippen molar-refractivity contribution in [2.24, 2.45) is 0 Å². The molecule has 7 nitrogen and oxygen atoms in total. The third-order valence-electron chi connectivity index (χ3n) is 6.16. The second-order valence-electron chi connectivity index (χ2n) is 8.28. The lowest BCUT2D eigenvalue weighted by Gasteiger charge is -2.25. The van der Waals surface area contributed by atoms with Crippen LogP contribution >= 0.6 is 0 Å². The molecule has 2 amide bonds. The van der Waals surface area contributed by atoms with Crippen LogP contribution in [0.3, 0.4) is 0 Å². The molecule has 0 saturated carbocycles. The van der Waals surface area contributed by atoms with Crippen molar-refractivity contribution < 1.29 is 9.59 Å². The van der Waals surface area contributed by atoms with Crippen LogP contribution in [0.1, 0.15) is 60.8 Å². The van der Waals surface area contributed by atoms with Gasteiger partial charge in [0, 0.05) is 30.3 Å². The van der Waals surface area contributed by atoms with Gasteiger partial charge in [-0.3, -0.25) is 14.4 Å². The molecule has 172 valence electrons. The van der Waals surface area contributed by atoms with E-state index in [1.165, 1.54) is 4.68 Å². The maximum absolute atomic E-state index is 13.8. The maximum Gasteiger partial charge on any atom is 0.277 e. The number of nitrogens with one attached hydrogen (secondary N) is 2. The van der Waals surface area contributed by atoms with Gasteiger partial charge >= 0.3 is 0 Å². The average Bonchev–Trinajstić information content (AvgIpc) is 3.24. The summed E-state index contributed by atoms with van der Waals surface area (Å²) in [5, 5.41) is 4.23. The van der Waals surface area contributed by atoms with Gasteiger partial charge in [-0.05, 0) is 31.4 Å². The van der Waals surface area contributed by atoms with Crippen LogP contribution in [0.2, 0.25) is 0 Å². The molecule has 1 saturated heterocycles. The summed E-state index contributed by atoms with van der Waals surface area (Å²) in [6, 6.07) is 16.8. The molecular weight excluding hydrogens is 416 g/mol. The van der Waals surface area contributed by atoms with Gasteiger partial charge in [-0.1, -0.05) is 55.5 Å². The van der Waals surface area contributed by atoms with Gasteiger partial charge in [0.2, 0.25) is 5.91 Å². The van der Waals surface area contributed by atoms with Crippen molar-refractivity contribution in [1.29, 1.82) is 0 Å². The molecule has 0 bridgehead atoms. The first-order valence-electron chi connectivity index (χ1n) is 11.6. The molecule has 1 aliphatic heterocycles. The van der Waals surface area contributed by atoms with Gasteiger partial charge in [-0.15, -0.1) is 0 Å². The van der Waals surface area contributed by atoms with Gasteiger partial charge in [0.1, 0.15) is 0 Å². The van der Waals surface area contributed by atoms with E-state index in [9.17, 15) is 14.4 Å². The van der Waals surface area contributed by atoms with E-state index in [1.54, 1.807) is 23.1 Å². The molecule has 1 atom stereocenters. The van der Waals surface area contributed by atoms with Gasteiger partial charge in [0.05, 0.1) is 23.8 Å². The van der Waals surface area contributed by atoms with Crippen molar-refractivity contribution in [3.8, 4) is 0 Å². The number of amides is 2. The Morgan fingerprint density at radius 3 is 2.33 bits per heavy atom. The smallest absolute Gasteiger partial charge is 0.277 e. The minimum absolute atomic E-state index is 0.0423. The quantitative estimate of drug-likeness (QED) is 0.554. The van der Waals surface area contributed by atoms with Crippen LogP contribution in [0, 0.1) is 0 Å². The molecule has 0 radical (unpaired) electrons. The van der Waals surface area contributed by atoms with Gasteiger partial charge in [-0.25, -0.2) is 4.68 Å². The number of aromatic nitrogens is 1. The molecule has 0 unspecified atom stereocenters. The number of hydrogen-bond donors (Lipinski definition) is 2. The predicted molar refractivity (Wildman–Crippen MR) is 130 cm³/mol. The molecule has 1 aliphatic rings. The van der Waals surface area contributed by atoms with E-state index in [-0.39, 0.29) is 30.0 Å². The molecule has 2 N–H and O–H groups in total. The van der Waals surface area contributed by atoms with E-state index >= 15 is 0 Å². The number of fused-ring (bicyclic) bond motifs is 1. The van der Waals surface area contributed by atoms with Gasteiger partial charge < -0.3 is 15.6 Å². The summed E-state index contributed by atoms with van der Waals surface area (Å²) in [6.07, 6.45) is 2.00. The number of benzene rings is 2. The highest BCUT2D eigenvalue weighted by Gasteiger charge is 2.28. The van der Waals surface area contributed by atoms with E-state index in [0.717, 1.165) is 18.4 Å². The molecule has 1 aromatic heterocycles. The fourth-order valence-corrected chi connectivity index (χ4v) is 4.52. The number of nitrogens with zero attached hydrogens (tertiary/aromatic N) is 2. The summed E-state index contributed by atoms with van der Waals surface area (Å²) in [5.41, 5.74) is 4.85. The zero-order valence-electron chi connectivity index (χ0n) is 19.1. The molecule has 2 aromatic carbocycles. The molecule has 2 heterocycles. The first-order chi connectivity index (χ1) is 16.0. The highest BCUT2D eigenvalue weighted by molar-refractivity contribution is 6.08. The van der Waals surface area contributed by atoms with Crippen molar-refractivity contribution in [3.05, 3.63) is 81.8 Å². The zero-order valence-corrected chi connectivity index (χ0v) is 19.1. The molecular formula is C26H30N4O3. The molecule has 3 aromatic rings. The van der Waals surface area contributed by atoms with Crippen LogP contribution < -0.4 is 16.3 Å². The monoisotopic (exact) mass is 446 g/mol. The molecule has 7 heteroatoms. The van der Waals surface area contributed by atoms with E-state index in [0.29, 0.717) is 41.5 Å². The van der Waals surface area contributed by atoms with Gasteiger partial charge in [-0.2, -0.15) is 0 Å². The Labute approximate surface area is 193 Å². The summed E-state index contributed by atoms with van der Waals surface area (Å²) >= 11 is 0. The van der Waals surface area contributed by atoms with Crippen molar-refractivity contribution in [3.63, 3.8) is 0 Å². The highest BCUT2D eigenvalue weighted by atomic mass is 16.2. The number of carbonyl (C=O) groups excluding carboxylic acids is 2. The second-order valence-corrected chi connectivity index (χ2v) is 8.28. The number of hydrogen-bond acceptors (Lipinski definition) is 4. The lowest BCUT2D eigenvalue weighted by molar-refractivity contribution is -0.128. The Bertz CT molecular complexity index is 1220. The molecule has 33 heavy (non-hydrogen) atoms. The largest absolute Gasteiger partial charge is 0.345 e. The first-order valence-corrected chi connectivity index (χ1v) is 11.6. The van der Waals surface area contributed by atoms with E-state index in [4.69, 9.17) is 0 Å². The van der Waals surface area contributed by atoms with Crippen LogP contribution in [0.15, 0.2) is 59.4 Å². The number of rotatable bonds is 8. The van der Waals surface area contributed by atoms with Crippen LogP contribution in [0.25, 0.3) is 10.8 Å². The third kappa shape index (κ3) is 4.49. The minimum Gasteiger partial charge on any atom is -0.345 e. The van der Waals surface area contributed by atoms with Crippen LogP contribution in [-0.4, -0.2) is 34.5 Å². The molecule has 4 rings (SSSR count). The van der Waals surface area contributed by atoms with Crippen molar-refractivity contribution in [2.75, 3.05) is 18.5 Å². The number of pyridine rings is 1. The van der Waals surface area contributed by atoms with Crippen LogP contribution in [-0.2, 0) is 11.3 Å². The Hall–Kier alpha value is -3.61. The highest BCUT2D eigenvalue weighted by Crippen LogP contribution is 2.25. The van der Waals surface area contributed by atoms with Crippen LogP contribution in [0.5, 0.6) is 0 Å². The maximum atomic E-state index is 13.8. The third-order valence-corrected chi connectivity index (χ3v) is 6.16. The summed E-state index contributed by atoms with van der Waals surface area (Å²) in [7, 11) is 0. The molecule has 1 fully saturated rings. The van der Waals surface area contributed by atoms with E-state index in [1.807, 2.05) is 50.2 Å². The lowest BCUT2D eigenvalue weighted by atomic mass is 10.00. The Morgan fingerprint density at radius 1 is 1.00 bits per heavy atom. The molecule has 0 spiro atoms. The van der Waals surface area contributed by atoms with Crippen molar-refractivity contribution >= 4 is 22.6 Å². The summed E-state index contributed by atoms with van der Waals surface area (Å²) in [4.78, 5) is 41.3. The Balaban J connectivity index is 1.86. The standard InChI is InChI=1S/C26H30N4O3/c1-3-21(18-11-6-5-7-12-18)28-25(32)24-19-13-8-9-14-20(19)26(33)30(27-4-2)22(24)17-29-16-10-15-23(29)31/h5-9,11-14,21,27H,3-4,10,15-17H2,1-2H3,(H,28,32)/t21-/m0/s1. The fourth-order valence-electron chi connectivity index (χ4n) is 4.52. The second kappa shape index (κ2) is 9.90. The summed E-state index contributed by atoms with van der Waals surface area (Å²) < 4.78 is 1.45. The first kappa shape index (κ1) is 22.6. The Kier molecular flexibility index (Phi) is 6.77. The number of carbonyl (C=O) groups is 2. The minimum atomic E-state index is -0.254. The topological polar surface area (TPSA) is 83.4 Å². The van der Waals surface area contributed by atoms with Gasteiger partial charge in [0.25, 0.3) is 11.5 Å². The fraction of sp³-hybridized carbons (Fsp3) is 0.346. The van der Waals surface area contributed by atoms with E-state index < -0.39 is 0 Å². The molecule has 0 aliphatic carbocycles.